The monoisotopic (exact) mass is 299 g/mol. The van der Waals surface area contributed by atoms with Gasteiger partial charge >= 0.3 is 6.18 Å². The summed E-state index contributed by atoms with van der Waals surface area (Å²) in [5.41, 5.74) is 0.227. The lowest BCUT2D eigenvalue weighted by Crippen LogP contribution is -2.45. The number of hydrogen-bond acceptors (Lipinski definition) is 2. The average molecular weight is 299 g/mol. The van der Waals surface area contributed by atoms with Gasteiger partial charge in [-0.05, 0) is 38.4 Å². The predicted molar refractivity (Wildman–Crippen MR) is 75.1 cm³/mol. The quantitative estimate of drug-likeness (QED) is 0.794. The van der Waals surface area contributed by atoms with Gasteiger partial charge in [0.1, 0.15) is 6.29 Å². The van der Waals surface area contributed by atoms with E-state index in [2.05, 4.69) is 0 Å². The molecule has 5 heteroatoms. The summed E-state index contributed by atoms with van der Waals surface area (Å²) in [6.45, 7) is 3.08. The lowest BCUT2D eigenvalue weighted by Gasteiger charge is -2.37. The zero-order chi connectivity index (χ0) is 15.5. The summed E-state index contributed by atoms with van der Waals surface area (Å²) in [4.78, 5) is 13.5. The van der Waals surface area contributed by atoms with E-state index in [4.69, 9.17) is 0 Å². The highest BCUT2D eigenvalue weighted by Gasteiger charge is 2.42. The van der Waals surface area contributed by atoms with E-state index in [1.165, 1.54) is 0 Å². The molecule has 0 spiro atoms. The first-order chi connectivity index (χ1) is 9.85. The zero-order valence-corrected chi connectivity index (χ0v) is 12.1. The number of piperidine rings is 1. The molecule has 1 aliphatic rings. The van der Waals surface area contributed by atoms with Crippen LogP contribution >= 0.6 is 0 Å². The van der Waals surface area contributed by atoms with Gasteiger partial charge < -0.3 is 9.69 Å². The highest BCUT2D eigenvalue weighted by Crippen LogP contribution is 2.35. The van der Waals surface area contributed by atoms with Gasteiger partial charge in [0.2, 0.25) is 0 Å². The smallest absolute Gasteiger partial charge is 0.302 e. The van der Waals surface area contributed by atoms with Crippen molar-refractivity contribution in [1.29, 1.82) is 0 Å². The second-order valence-corrected chi connectivity index (χ2v) is 5.99. The van der Waals surface area contributed by atoms with Crippen LogP contribution in [0.5, 0.6) is 0 Å². The molecule has 21 heavy (non-hydrogen) atoms. The fourth-order valence-electron chi connectivity index (χ4n) is 2.90. The van der Waals surface area contributed by atoms with Crippen LogP contribution in [0.3, 0.4) is 0 Å². The Morgan fingerprint density at radius 1 is 1.19 bits per heavy atom. The number of carbonyl (C=O) groups is 1. The van der Waals surface area contributed by atoms with E-state index in [1.54, 1.807) is 0 Å². The molecule has 1 atom stereocenters. The number of aldehydes is 1. The molecule has 0 amide bonds. The van der Waals surface area contributed by atoms with Crippen LogP contribution in [0, 0.1) is 5.92 Å². The standard InChI is InChI=1S/C16H20F3NO/c1-15(12-21,13-5-3-2-4-6-13)11-20-9-7-14(8-10-20)16(17,18)19/h2-6,12,14H,7-11H2,1H3. The van der Waals surface area contributed by atoms with Crippen LogP contribution < -0.4 is 0 Å². The second kappa shape index (κ2) is 6.18. The molecule has 2 rings (SSSR count). The Morgan fingerprint density at radius 3 is 2.24 bits per heavy atom. The van der Waals surface area contributed by atoms with Crippen molar-refractivity contribution in [3.8, 4) is 0 Å². The van der Waals surface area contributed by atoms with Crippen molar-refractivity contribution in [2.75, 3.05) is 19.6 Å². The number of benzene rings is 1. The van der Waals surface area contributed by atoms with E-state index < -0.39 is 17.5 Å². The van der Waals surface area contributed by atoms with Crippen molar-refractivity contribution in [1.82, 2.24) is 4.90 Å². The highest BCUT2D eigenvalue weighted by atomic mass is 19.4. The summed E-state index contributed by atoms with van der Waals surface area (Å²) in [5, 5.41) is 0. The molecule has 0 N–H and O–H groups in total. The van der Waals surface area contributed by atoms with Crippen LogP contribution in [-0.2, 0) is 10.2 Å². The number of likely N-dealkylation sites (tertiary alicyclic amines) is 1. The van der Waals surface area contributed by atoms with E-state index in [9.17, 15) is 18.0 Å². The largest absolute Gasteiger partial charge is 0.391 e. The van der Waals surface area contributed by atoms with Crippen molar-refractivity contribution in [2.45, 2.75) is 31.4 Å². The summed E-state index contributed by atoms with van der Waals surface area (Å²) in [6.07, 6.45) is -2.96. The molecule has 0 saturated carbocycles. The molecule has 1 unspecified atom stereocenters. The molecule has 116 valence electrons. The van der Waals surface area contributed by atoms with Crippen molar-refractivity contribution in [3.05, 3.63) is 35.9 Å². The number of hydrogen-bond donors (Lipinski definition) is 0. The van der Waals surface area contributed by atoms with Gasteiger partial charge in [0.05, 0.1) is 11.3 Å². The minimum absolute atomic E-state index is 0.118. The van der Waals surface area contributed by atoms with Gasteiger partial charge in [0, 0.05) is 6.54 Å². The molecule has 1 aromatic rings. The third kappa shape index (κ3) is 3.84. The van der Waals surface area contributed by atoms with E-state index in [0.29, 0.717) is 19.6 Å². The number of halogens is 3. The molecule has 0 aromatic heterocycles. The molecule has 1 aromatic carbocycles. The van der Waals surface area contributed by atoms with Gasteiger partial charge in [-0.15, -0.1) is 0 Å². The first-order valence-corrected chi connectivity index (χ1v) is 7.16. The molecule has 2 nitrogen and oxygen atoms in total. The average Bonchev–Trinajstić information content (AvgIpc) is 2.47. The van der Waals surface area contributed by atoms with Gasteiger partial charge in [0.15, 0.2) is 0 Å². The Bertz CT molecular complexity index is 466. The Morgan fingerprint density at radius 2 is 1.76 bits per heavy atom. The fourth-order valence-corrected chi connectivity index (χ4v) is 2.90. The van der Waals surface area contributed by atoms with Gasteiger partial charge in [-0.1, -0.05) is 30.3 Å². The predicted octanol–water partition coefficient (Wildman–Crippen LogP) is 3.42. The minimum Gasteiger partial charge on any atom is -0.302 e. The summed E-state index contributed by atoms with van der Waals surface area (Å²) < 4.78 is 38.0. The number of nitrogens with zero attached hydrogens (tertiary/aromatic N) is 1. The number of alkyl halides is 3. The van der Waals surface area contributed by atoms with Crippen LogP contribution in [0.2, 0.25) is 0 Å². The number of carbonyl (C=O) groups excluding carboxylic acids is 1. The lowest BCUT2D eigenvalue weighted by molar-refractivity contribution is -0.185. The van der Waals surface area contributed by atoms with Gasteiger partial charge in [-0.2, -0.15) is 13.2 Å². The van der Waals surface area contributed by atoms with Crippen molar-refractivity contribution < 1.29 is 18.0 Å². The Labute approximate surface area is 122 Å². The topological polar surface area (TPSA) is 20.3 Å². The SMILES string of the molecule is CC(C=O)(CN1CCC(C(F)(F)F)CC1)c1ccccc1. The van der Waals surface area contributed by atoms with Crippen LogP contribution in [0.15, 0.2) is 30.3 Å². The van der Waals surface area contributed by atoms with Gasteiger partial charge in [0.25, 0.3) is 0 Å². The molecule has 1 aliphatic heterocycles. The van der Waals surface area contributed by atoms with E-state index >= 15 is 0 Å². The molecular formula is C16H20F3NO. The molecular weight excluding hydrogens is 279 g/mol. The molecule has 0 radical (unpaired) electrons. The highest BCUT2D eigenvalue weighted by molar-refractivity contribution is 5.68. The van der Waals surface area contributed by atoms with E-state index in [1.807, 2.05) is 42.2 Å². The molecule has 0 bridgehead atoms. The van der Waals surface area contributed by atoms with E-state index in [0.717, 1.165) is 11.8 Å². The summed E-state index contributed by atoms with van der Waals surface area (Å²) in [6, 6.07) is 9.39. The first-order valence-electron chi connectivity index (χ1n) is 7.16. The molecule has 1 heterocycles. The summed E-state index contributed by atoms with van der Waals surface area (Å²) >= 11 is 0. The van der Waals surface area contributed by atoms with Crippen LogP contribution in [0.1, 0.15) is 25.3 Å². The van der Waals surface area contributed by atoms with Crippen molar-refractivity contribution in [2.24, 2.45) is 5.92 Å². The van der Waals surface area contributed by atoms with Gasteiger partial charge in [-0.25, -0.2) is 0 Å². The van der Waals surface area contributed by atoms with Crippen molar-refractivity contribution >= 4 is 6.29 Å². The van der Waals surface area contributed by atoms with Crippen LogP contribution in [0.25, 0.3) is 0 Å². The summed E-state index contributed by atoms with van der Waals surface area (Å²) in [7, 11) is 0. The lowest BCUT2D eigenvalue weighted by atomic mass is 9.82. The Balaban J connectivity index is 2.00. The van der Waals surface area contributed by atoms with Crippen molar-refractivity contribution in [3.63, 3.8) is 0 Å². The minimum atomic E-state index is -4.10. The zero-order valence-electron chi connectivity index (χ0n) is 12.1. The van der Waals surface area contributed by atoms with Gasteiger partial charge in [-0.3, -0.25) is 0 Å². The third-order valence-electron chi connectivity index (χ3n) is 4.30. The molecule has 1 saturated heterocycles. The maximum absolute atomic E-state index is 12.7. The maximum atomic E-state index is 12.7. The van der Waals surface area contributed by atoms with Crippen LogP contribution in [-0.4, -0.2) is 37.0 Å². The maximum Gasteiger partial charge on any atom is 0.391 e. The first kappa shape index (κ1) is 16.0. The fraction of sp³-hybridized carbons (Fsp3) is 0.562. The summed E-state index contributed by atoms with van der Waals surface area (Å²) in [5.74, 6) is -1.20. The molecule has 0 aliphatic carbocycles. The third-order valence-corrected chi connectivity index (χ3v) is 4.30. The second-order valence-electron chi connectivity index (χ2n) is 5.99. The Kier molecular flexibility index (Phi) is 4.71. The number of rotatable bonds is 4. The van der Waals surface area contributed by atoms with E-state index in [-0.39, 0.29) is 12.8 Å². The normalized spacial score (nSPS) is 21.0. The molecule has 1 fully saturated rings. The van der Waals surface area contributed by atoms with Crippen LogP contribution in [0.4, 0.5) is 13.2 Å². The Hall–Kier alpha value is -1.36.